The second-order valence-corrected chi connectivity index (χ2v) is 4.37. The van der Waals surface area contributed by atoms with Gasteiger partial charge in [-0.25, -0.2) is 0 Å². The molecule has 0 aliphatic carbocycles. The predicted molar refractivity (Wildman–Crippen MR) is 77.5 cm³/mol. The second kappa shape index (κ2) is 5.04. The largest absolute Gasteiger partial charge is 0.396 e. The van der Waals surface area contributed by atoms with Gasteiger partial charge in [-0.15, -0.1) is 15.0 Å². The molecule has 0 radical (unpaired) electrons. The Bertz CT molecular complexity index is 796. The minimum absolute atomic E-state index is 0.224. The molecule has 7 heteroatoms. The van der Waals surface area contributed by atoms with E-state index in [0.29, 0.717) is 11.5 Å². The zero-order valence-electron chi connectivity index (χ0n) is 11.0. The van der Waals surface area contributed by atoms with Crippen molar-refractivity contribution in [3.63, 3.8) is 0 Å². The van der Waals surface area contributed by atoms with Gasteiger partial charge in [0, 0.05) is 5.56 Å². The Morgan fingerprint density at radius 1 is 1.05 bits per heavy atom. The number of tetrazole rings is 1. The molecule has 1 amide bonds. The van der Waals surface area contributed by atoms with E-state index in [-0.39, 0.29) is 11.3 Å². The van der Waals surface area contributed by atoms with Crippen LogP contribution in [-0.4, -0.2) is 26.1 Å². The lowest BCUT2D eigenvalue weighted by Gasteiger charge is -2.06. The molecule has 0 saturated carbocycles. The molecule has 4 N–H and O–H groups in total. The van der Waals surface area contributed by atoms with Gasteiger partial charge in [-0.1, -0.05) is 36.4 Å². The number of anilines is 1. The fourth-order valence-electron chi connectivity index (χ4n) is 1.96. The summed E-state index contributed by atoms with van der Waals surface area (Å²) in [5.74, 6) is -0.128. The summed E-state index contributed by atoms with van der Waals surface area (Å²) < 4.78 is 0. The summed E-state index contributed by atoms with van der Waals surface area (Å²) in [6.45, 7) is 0. The Balaban J connectivity index is 2.05. The number of nitrogen functional groups attached to an aromatic ring is 1. The lowest BCUT2D eigenvalue weighted by atomic mass is 10.1. The van der Waals surface area contributed by atoms with Crippen LogP contribution in [0.1, 0.15) is 10.4 Å². The maximum absolute atomic E-state index is 11.3. The van der Waals surface area contributed by atoms with Crippen molar-refractivity contribution in [2.75, 3.05) is 5.73 Å². The highest BCUT2D eigenvalue weighted by Crippen LogP contribution is 2.21. The van der Waals surface area contributed by atoms with Gasteiger partial charge >= 0.3 is 0 Å². The fourth-order valence-corrected chi connectivity index (χ4v) is 1.96. The first-order chi connectivity index (χ1) is 10.2. The molecule has 2 aromatic carbocycles. The van der Waals surface area contributed by atoms with E-state index in [1.54, 1.807) is 18.2 Å². The number of hydrogen-bond donors (Lipinski definition) is 2. The van der Waals surface area contributed by atoms with Crippen LogP contribution in [0, 0.1) is 0 Å². The molecule has 0 bridgehead atoms. The van der Waals surface area contributed by atoms with E-state index in [2.05, 4.69) is 15.4 Å². The number of rotatable bonds is 3. The first-order valence-electron chi connectivity index (χ1n) is 6.21. The van der Waals surface area contributed by atoms with Gasteiger partial charge in [-0.05, 0) is 17.3 Å². The molecule has 1 heterocycles. The standard InChI is InChI=1S/C14H12N6O/c15-12-10(13(16)21)7-4-8-11(12)20-18-14(17-19-20)9-5-2-1-3-6-9/h1-8H,15H2,(H2,16,21). The summed E-state index contributed by atoms with van der Waals surface area (Å²) in [5, 5.41) is 12.2. The molecule has 104 valence electrons. The van der Waals surface area contributed by atoms with E-state index in [9.17, 15) is 4.79 Å². The van der Waals surface area contributed by atoms with Crippen LogP contribution >= 0.6 is 0 Å². The van der Waals surface area contributed by atoms with Gasteiger partial charge in [0.2, 0.25) is 5.82 Å². The summed E-state index contributed by atoms with van der Waals surface area (Å²) >= 11 is 0. The van der Waals surface area contributed by atoms with Crippen LogP contribution in [-0.2, 0) is 0 Å². The molecule has 7 nitrogen and oxygen atoms in total. The van der Waals surface area contributed by atoms with Gasteiger partial charge in [0.05, 0.1) is 11.3 Å². The maximum atomic E-state index is 11.3. The molecule has 0 saturated heterocycles. The third-order valence-corrected chi connectivity index (χ3v) is 3.01. The van der Waals surface area contributed by atoms with E-state index in [1.165, 1.54) is 4.80 Å². The van der Waals surface area contributed by atoms with E-state index < -0.39 is 5.91 Å². The number of primary amides is 1. The highest BCUT2D eigenvalue weighted by molar-refractivity contribution is 5.99. The van der Waals surface area contributed by atoms with Crippen molar-refractivity contribution >= 4 is 11.6 Å². The number of nitrogens with two attached hydrogens (primary N) is 2. The van der Waals surface area contributed by atoms with Crippen LogP contribution in [0.3, 0.4) is 0 Å². The van der Waals surface area contributed by atoms with E-state index in [1.807, 2.05) is 30.3 Å². The Morgan fingerprint density at radius 3 is 2.52 bits per heavy atom. The monoisotopic (exact) mass is 280 g/mol. The molecule has 21 heavy (non-hydrogen) atoms. The number of carbonyl (C=O) groups excluding carboxylic acids is 1. The zero-order chi connectivity index (χ0) is 14.8. The number of carbonyl (C=O) groups is 1. The van der Waals surface area contributed by atoms with Crippen LogP contribution in [0.2, 0.25) is 0 Å². The number of nitrogens with zero attached hydrogens (tertiary/aromatic N) is 4. The smallest absolute Gasteiger partial charge is 0.250 e. The molecule has 0 spiro atoms. The molecule has 3 rings (SSSR count). The summed E-state index contributed by atoms with van der Waals surface area (Å²) in [7, 11) is 0. The lowest BCUT2D eigenvalue weighted by molar-refractivity contribution is 0.100. The van der Waals surface area contributed by atoms with E-state index in [4.69, 9.17) is 11.5 Å². The van der Waals surface area contributed by atoms with Crippen molar-refractivity contribution < 1.29 is 4.79 Å². The molecular weight excluding hydrogens is 268 g/mol. The predicted octanol–water partition coefficient (Wildman–Crippen LogP) is 1.01. The van der Waals surface area contributed by atoms with Crippen LogP contribution in [0.25, 0.3) is 17.1 Å². The SMILES string of the molecule is NC(=O)c1cccc(-n2nnc(-c3ccccc3)n2)c1N. The van der Waals surface area contributed by atoms with Crippen LogP contribution < -0.4 is 11.5 Å². The van der Waals surface area contributed by atoms with Gasteiger partial charge in [0.25, 0.3) is 5.91 Å². The van der Waals surface area contributed by atoms with Gasteiger partial charge in [-0.2, -0.15) is 0 Å². The van der Waals surface area contributed by atoms with Crippen LogP contribution in [0.5, 0.6) is 0 Å². The number of amides is 1. The van der Waals surface area contributed by atoms with Crippen molar-refractivity contribution in [1.29, 1.82) is 0 Å². The summed E-state index contributed by atoms with van der Waals surface area (Å²) in [6, 6.07) is 14.3. The Kier molecular flexibility index (Phi) is 3.07. The van der Waals surface area contributed by atoms with Crippen LogP contribution in [0.4, 0.5) is 5.69 Å². The number of benzene rings is 2. The lowest BCUT2D eigenvalue weighted by Crippen LogP contribution is -2.15. The van der Waals surface area contributed by atoms with E-state index >= 15 is 0 Å². The first kappa shape index (κ1) is 12.8. The average Bonchev–Trinajstić information content (AvgIpc) is 2.98. The number of hydrogen-bond acceptors (Lipinski definition) is 5. The van der Waals surface area contributed by atoms with Gasteiger partial charge in [0.15, 0.2) is 0 Å². The van der Waals surface area contributed by atoms with Crippen LogP contribution in [0.15, 0.2) is 48.5 Å². The molecule has 3 aromatic rings. The minimum atomic E-state index is -0.599. The highest BCUT2D eigenvalue weighted by Gasteiger charge is 2.13. The van der Waals surface area contributed by atoms with Crippen molar-refractivity contribution in [1.82, 2.24) is 20.2 Å². The van der Waals surface area contributed by atoms with E-state index in [0.717, 1.165) is 5.56 Å². The summed E-state index contributed by atoms with van der Waals surface area (Å²) in [4.78, 5) is 12.6. The zero-order valence-corrected chi connectivity index (χ0v) is 11.0. The average molecular weight is 280 g/mol. The first-order valence-corrected chi connectivity index (χ1v) is 6.21. The molecule has 0 fully saturated rings. The molecule has 0 aliphatic heterocycles. The molecule has 0 aliphatic rings. The summed E-state index contributed by atoms with van der Waals surface area (Å²) in [6.07, 6.45) is 0. The Labute approximate surface area is 120 Å². The Hall–Kier alpha value is -3.22. The summed E-state index contributed by atoms with van der Waals surface area (Å²) in [5.41, 5.74) is 13.0. The minimum Gasteiger partial charge on any atom is -0.396 e. The maximum Gasteiger partial charge on any atom is 0.250 e. The van der Waals surface area contributed by atoms with Crippen molar-refractivity contribution in [3.8, 4) is 17.1 Å². The normalized spacial score (nSPS) is 10.5. The second-order valence-electron chi connectivity index (χ2n) is 4.37. The Morgan fingerprint density at radius 2 is 1.81 bits per heavy atom. The van der Waals surface area contributed by atoms with Gasteiger partial charge in [-0.3, -0.25) is 4.79 Å². The molecule has 0 unspecified atom stereocenters. The molecule has 0 atom stereocenters. The third-order valence-electron chi connectivity index (χ3n) is 3.01. The number of aromatic nitrogens is 4. The van der Waals surface area contributed by atoms with Gasteiger partial charge < -0.3 is 11.5 Å². The molecule has 1 aromatic heterocycles. The van der Waals surface area contributed by atoms with Gasteiger partial charge in [0.1, 0.15) is 5.69 Å². The number of para-hydroxylation sites is 1. The third kappa shape index (κ3) is 2.32. The van der Waals surface area contributed by atoms with Crippen molar-refractivity contribution in [2.45, 2.75) is 0 Å². The topological polar surface area (TPSA) is 113 Å². The van der Waals surface area contributed by atoms with Crippen molar-refractivity contribution in [3.05, 3.63) is 54.1 Å². The molecular formula is C14H12N6O. The van der Waals surface area contributed by atoms with Crippen molar-refractivity contribution in [2.24, 2.45) is 5.73 Å². The highest BCUT2D eigenvalue weighted by atomic mass is 16.1. The fraction of sp³-hybridized carbons (Fsp3) is 0. The quantitative estimate of drug-likeness (QED) is 0.695.